The maximum atomic E-state index is 10.5. The lowest BCUT2D eigenvalue weighted by Gasteiger charge is -2.13. The zero-order valence-corrected chi connectivity index (χ0v) is 12.8. The van der Waals surface area contributed by atoms with E-state index in [1.165, 1.54) is 0 Å². The Morgan fingerprint density at radius 2 is 2.14 bits per heavy atom. The summed E-state index contributed by atoms with van der Waals surface area (Å²) in [6.45, 7) is 4.02. The number of ether oxygens (including phenoxy) is 1. The van der Waals surface area contributed by atoms with E-state index < -0.39 is 6.10 Å². The maximum absolute atomic E-state index is 10.5. The lowest BCUT2D eigenvalue weighted by atomic mass is 10.00. The number of aliphatic hydroxyl groups is 1. The average Bonchev–Trinajstić information content (AvgIpc) is 3.23. The molecule has 1 unspecified atom stereocenters. The quantitative estimate of drug-likeness (QED) is 0.919. The summed E-state index contributed by atoms with van der Waals surface area (Å²) in [6.07, 6.45) is 2.70. The number of aliphatic hydroxyl groups excluding tert-OH is 1. The summed E-state index contributed by atoms with van der Waals surface area (Å²) in [4.78, 5) is 0. The molecule has 1 aliphatic rings. The molecule has 112 valence electrons. The average molecular weight is 286 g/mol. The van der Waals surface area contributed by atoms with Gasteiger partial charge in [-0.1, -0.05) is 12.1 Å². The van der Waals surface area contributed by atoms with Crippen molar-refractivity contribution in [3.8, 4) is 5.75 Å². The largest absolute Gasteiger partial charge is 0.490 e. The SMILES string of the molecule is Cc1nn(C)c(C)c1CC(O)c1cccc(OC2CC2)c1. The van der Waals surface area contributed by atoms with Crippen LogP contribution in [0.4, 0.5) is 0 Å². The van der Waals surface area contributed by atoms with Crippen LogP contribution < -0.4 is 4.74 Å². The number of aromatic nitrogens is 2. The molecule has 1 aromatic heterocycles. The zero-order chi connectivity index (χ0) is 15.0. The van der Waals surface area contributed by atoms with Crippen LogP contribution in [0.15, 0.2) is 24.3 Å². The highest BCUT2D eigenvalue weighted by molar-refractivity contribution is 5.33. The van der Waals surface area contributed by atoms with E-state index >= 15 is 0 Å². The summed E-state index contributed by atoms with van der Waals surface area (Å²) < 4.78 is 7.66. The highest BCUT2D eigenvalue weighted by Crippen LogP contribution is 2.29. The Kier molecular flexibility index (Phi) is 3.72. The van der Waals surface area contributed by atoms with Crippen molar-refractivity contribution in [1.29, 1.82) is 0 Å². The van der Waals surface area contributed by atoms with E-state index in [0.717, 1.165) is 41.1 Å². The normalized spacial score (nSPS) is 16.0. The molecule has 0 saturated heterocycles. The van der Waals surface area contributed by atoms with E-state index in [-0.39, 0.29) is 0 Å². The van der Waals surface area contributed by atoms with Gasteiger partial charge in [0, 0.05) is 19.2 Å². The van der Waals surface area contributed by atoms with E-state index in [1.807, 2.05) is 49.8 Å². The van der Waals surface area contributed by atoms with Gasteiger partial charge in [-0.15, -0.1) is 0 Å². The third kappa shape index (κ3) is 3.10. The van der Waals surface area contributed by atoms with Gasteiger partial charge in [0.2, 0.25) is 0 Å². The predicted molar refractivity (Wildman–Crippen MR) is 81.4 cm³/mol. The molecule has 1 aromatic carbocycles. The van der Waals surface area contributed by atoms with Crippen molar-refractivity contribution < 1.29 is 9.84 Å². The standard InChI is InChI=1S/C17H22N2O2/c1-11-16(12(2)19(3)18-11)10-17(20)13-5-4-6-15(9-13)21-14-7-8-14/h4-6,9,14,17,20H,7-8,10H2,1-3H3. The van der Waals surface area contributed by atoms with Gasteiger partial charge < -0.3 is 9.84 Å². The van der Waals surface area contributed by atoms with Gasteiger partial charge in [0.15, 0.2) is 0 Å². The van der Waals surface area contributed by atoms with Crippen LogP contribution in [0, 0.1) is 13.8 Å². The Hall–Kier alpha value is -1.81. The Bertz CT molecular complexity index is 644. The highest BCUT2D eigenvalue weighted by atomic mass is 16.5. The second kappa shape index (κ2) is 5.53. The second-order valence-electron chi connectivity index (χ2n) is 5.88. The number of benzene rings is 1. The summed E-state index contributed by atoms with van der Waals surface area (Å²) >= 11 is 0. The Morgan fingerprint density at radius 1 is 1.38 bits per heavy atom. The number of hydrogen-bond acceptors (Lipinski definition) is 3. The third-order valence-electron chi connectivity index (χ3n) is 4.13. The molecule has 21 heavy (non-hydrogen) atoms. The van der Waals surface area contributed by atoms with Crippen LogP contribution in [0.5, 0.6) is 5.75 Å². The smallest absolute Gasteiger partial charge is 0.120 e. The Labute approximate surface area is 125 Å². The first kappa shape index (κ1) is 14.1. The van der Waals surface area contributed by atoms with Crippen LogP contribution in [0.2, 0.25) is 0 Å². The van der Waals surface area contributed by atoms with Gasteiger partial charge in [0.1, 0.15) is 5.75 Å². The monoisotopic (exact) mass is 286 g/mol. The fourth-order valence-corrected chi connectivity index (χ4v) is 2.60. The van der Waals surface area contributed by atoms with Gasteiger partial charge in [-0.3, -0.25) is 4.68 Å². The lowest BCUT2D eigenvalue weighted by molar-refractivity contribution is 0.177. The zero-order valence-electron chi connectivity index (χ0n) is 12.8. The molecule has 0 spiro atoms. The van der Waals surface area contributed by atoms with Gasteiger partial charge in [-0.2, -0.15) is 5.10 Å². The molecule has 4 nitrogen and oxygen atoms in total. The molecule has 0 aliphatic heterocycles. The van der Waals surface area contributed by atoms with Crippen molar-refractivity contribution in [2.45, 2.75) is 45.3 Å². The van der Waals surface area contributed by atoms with Crippen molar-refractivity contribution in [2.75, 3.05) is 0 Å². The molecule has 0 radical (unpaired) electrons. The molecule has 1 heterocycles. The van der Waals surface area contributed by atoms with Crippen LogP contribution in [0.3, 0.4) is 0 Å². The van der Waals surface area contributed by atoms with Crippen LogP contribution in [-0.2, 0) is 13.5 Å². The number of hydrogen-bond donors (Lipinski definition) is 1. The van der Waals surface area contributed by atoms with Gasteiger partial charge in [0.25, 0.3) is 0 Å². The third-order valence-corrected chi connectivity index (χ3v) is 4.13. The van der Waals surface area contributed by atoms with Crippen molar-refractivity contribution in [2.24, 2.45) is 7.05 Å². The Morgan fingerprint density at radius 3 is 2.76 bits per heavy atom. The molecule has 1 aliphatic carbocycles. The molecule has 2 aromatic rings. The molecule has 1 N–H and O–H groups in total. The van der Waals surface area contributed by atoms with Crippen molar-refractivity contribution in [3.63, 3.8) is 0 Å². The first-order chi connectivity index (χ1) is 10.0. The summed E-state index contributed by atoms with van der Waals surface area (Å²) in [5.41, 5.74) is 4.12. The summed E-state index contributed by atoms with van der Waals surface area (Å²) in [7, 11) is 1.93. The van der Waals surface area contributed by atoms with Crippen molar-refractivity contribution in [1.82, 2.24) is 9.78 Å². The van der Waals surface area contributed by atoms with Crippen LogP contribution in [0.25, 0.3) is 0 Å². The molecule has 3 rings (SSSR count). The van der Waals surface area contributed by atoms with Crippen LogP contribution in [0.1, 0.15) is 41.5 Å². The molecule has 0 bridgehead atoms. The number of aryl methyl sites for hydroxylation is 2. The minimum atomic E-state index is -0.533. The molecular weight excluding hydrogens is 264 g/mol. The fourth-order valence-electron chi connectivity index (χ4n) is 2.60. The van der Waals surface area contributed by atoms with E-state index in [9.17, 15) is 5.11 Å². The van der Waals surface area contributed by atoms with Gasteiger partial charge in [-0.25, -0.2) is 0 Å². The second-order valence-corrected chi connectivity index (χ2v) is 5.88. The molecule has 1 saturated carbocycles. The summed E-state index contributed by atoms with van der Waals surface area (Å²) in [5.74, 6) is 0.855. The summed E-state index contributed by atoms with van der Waals surface area (Å²) in [6, 6.07) is 7.80. The van der Waals surface area contributed by atoms with Gasteiger partial charge >= 0.3 is 0 Å². The number of rotatable bonds is 5. The highest BCUT2D eigenvalue weighted by Gasteiger charge is 2.24. The molecule has 0 amide bonds. The Balaban J connectivity index is 1.76. The minimum absolute atomic E-state index is 0.375. The molecule has 1 fully saturated rings. The van der Waals surface area contributed by atoms with Crippen LogP contribution >= 0.6 is 0 Å². The van der Waals surface area contributed by atoms with E-state index in [1.54, 1.807) is 0 Å². The topological polar surface area (TPSA) is 47.3 Å². The van der Waals surface area contributed by atoms with E-state index in [0.29, 0.717) is 12.5 Å². The number of nitrogens with zero attached hydrogens (tertiary/aromatic N) is 2. The molecular formula is C17H22N2O2. The minimum Gasteiger partial charge on any atom is -0.490 e. The van der Waals surface area contributed by atoms with Gasteiger partial charge in [0.05, 0.1) is 17.9 Å². The lowest BCUT2D eigenvalue weighted by Crippen LogP contribution is -2.05. The van der Waals surface area contributed by atoms with Gasteiger partial charge in [-0.05, 0) is 49.9 Å². The predicted octanol–water partition coefficient (Wildman–Crippen LogP) is 2.85. The van der Waals surface area contributed by atoms with E-state index in [2.05, 4.69) is 5.10 Å². The van der Waals surface area contributed by atoms with Crippen molar-refractivity contribution in [3.05, 3.63) is 46.8 Å². The first-order valence-corrected chi connectivity index (χ1v) is 7.48. The van der Waals surface area contributed by atoms with E-state index in [4.69, 9.17) is 4.74 Å². The van der Waals surface area contributed by atoms with Crippen molar-refractivity contribution >= 4 is 0 Å². The first-order valence-electron chi connectivity index (χ1n) is 7.48. The molecule has 1 atom stereocenters. The summed E-state index contributed by atoms with van der Waals surface area (Å²) in [5, 5.41) is 14.9. The maximum Gasteiger partial charge on any atom is 0.120 e. The van der Waals surface area contributed by atoms with Crippen LogP contribution in [-0.4, -0.2) is 21.0 Å². The fraction of sp³-hybridized carbons (Fsp3) is 0.471. The molecule has 4 heteroatoms.